The van der Waals surface area contributed by atoms with Gasteiger partial charge in [-0.2, -0.15) is 0 Å². The maximum Gasteiger partial charge on any atom is 0.356 e. The van der Waals surface area contributed by atoms with Gasteiger partial charge in [0.15, 0.2) is 0 Å². The van der Waals surface area contributed by atoms with Crippen LogP contribution in [0.2, 0.25) is 0 Å². The van der Waals surface area contributed by atoms with Gasteiger partial charge >= 0.3 is 11.9 Å². The first-order valence-electron chi connectivity index (χ1n) is 29.3. The zero-order valence-corrected chi connectivity index (χ0v) is 50.2. The molecule has 0 spiro atoms. The Labute approximate surface area is 515 Å². The van der Waals surface area contributed by atoms with E-state index < -0.39 is 18.0 Å². The number of H-pyrrole nitrogens is 4. The molecule has 0 amide bonds. The van der Waals surface area contributed by atoms with E-state index in [-0.39, 0.29) is 5.75 Å². The molecule has 0 saturated heterocycles. The number of nitrogens with one attached hydrogen (secondary N) is 4. The van der Waals surface area contributed by atoms with Crippen LogP contribution in [0.1, 0.15) is 45.0 Å². The summed E-state index contributed by atoms with van der Waals surface area (Å²) >= 11 is 0. The highest BCUT2D eigenvalue weighted by molar-refractivity contribution is 5.96. The van der Waals surface area contributed by atoms with E-state index in [1.807, 2.05) is 97.1 Å². The molecule has 0 aliphatic carbocycles. The maximum absolute atomic E-state index is 11.8. The zero-order valence-electron chi connectivity index (χ0n) is 50.2. The van der Waals surface area contributed by atoms with E-state index >= 15 is 0 Å². The average molecular weight is 1220 g/mol. The van der Waals surface area contributed by atoms with E-state index in [1.54, 1.807) is 45.6 Å². The Kier molecular flexibility index (Phi) is 24.8. The minimum absolute atomic E-state index is 0.0671. The lowest BCUT2D eigenvalue weighted by molar-refractivity contribution is -0.159. The molecule has 9 rings (SSSR count). The molecule has 21 nitrogen and oxygen atoms in total. The highest BCUT2D eigenvalue weighted by Crippen LogP contribution is 2.31. The van der Waals surface area contributed by atoms with Crippen molar-refractivity contribution in [3.05, 3.63) is 212 Å². The van der Waals surface area contributed by atoms with Gasteiger partial charge in [0.1, 0.15) is 42.8 Å². The Morgan fingerprint density at radius 2 is 0.539 bits per heavy atom. The first kappa shape index (κ1) is 64.7. The van der Waals surface area contributed by atoms with E-state index in [0.717, 1.165) is 83.2 Å². The summed E-state index contributed by atoms with van der Waals surface area (Å²) in [4.78, 5) is 38.9. The topological polar surface area (TPSA) is 258 Å². The predicted molar refractivity (Wildman–Crippen MR) is 331 cm³/mol. The summed E-state index contributed by atoms with van der Waals surface area (Å²) in [6, 6.07) is 46.9. The van der Waals surface area contributed by atoms with Gasteiger partial charge in [-0.15, -0.1) is 0 Å². The van der Waals surface area contributed by atoms with Crippen LogP contribution in [-0.4, -0.2) is 188 Å². The molecule has 0 atom stereocenters. The van der Waals surface area contributed by atoms with E-state index in [9.17, 15) is 19.8 Å². The van der Waals surface area contributed by atoms with Crippen LogP contribution >= 0.6 is 0 Å². The molecule has 470 valence electrons. The fraction of sp³-hybridized carbons (Fsp3) is 0.324. The number of aromatic nitrogens is 4. The fourth-order valence-corrected chi connectivity index (χ4v) is 9.82. The van der Waals surface area contributed by atoms with Crippen LogP contribution < -0.4 is 40.3 Å². The Morgan fingerprint density at radius 3 is 0.787 bits per heavy atom. The molecule has 0 radical (unpaired) electrons. The number of benzene rings is 4. The molecule has 0 fully saturated rings. The van der Waals surface area contributed by atoms with Crippen molar-refractivity contribution in [2.24, 2.45) is 0 Å². The molecule has 4 aromatic carbocycles. The van der Waals surface area contributed by atoms with Crippen molar-refractivity contribution in [3.63, 3.8) is 0 Å². The largest absolute Gasteiger partial charge is 0.491 e. The summed E-state index contributed by atoms with van der Waals surface area (Å²) in [6.07, 6.45) is -2.10. The monoisotopic (exact) mass is 1220 g/mol. The van der Waals surface area contributed by atoms with Gasteiger partial charge in [-0.05, 0) is 119 Å². The Bertz CT molecular complexity index is 3720. The number of carbonyl (C=O) groups is 2. The van der Waals surface area contributed by atoms with Crippen LogP contribution in [-0.2, 0) is 52.2 Å². The van der Waals surface area contributed by atoms with Crippen LogP contribution in [0.4, 0.5) is 0 Å². The molecule has 8 bridgehead atoms. The van der Waals surface area contributed by atoms with E-state index in [1.165, 1.54) is 0 Å². The summed E-state index contributed by atoms with van der Waals surface area (Å²) in [5.41, 5.74) is 9.95. The number of carboxylic acid groups (broad SMARTS) is 2. The lowest BCUT2D eigenvalue weighted by Crippen LogP contribution is -2.35. The minimum atomic E-state index is -2.10. The lowest BCUT2D eigenvalue weighted by Gasteiger charge is -2.13. The molecular formula is C68H76N4O17. The van der Waals surface area contributed by atoms with Crippen LogP contribution in [0.25, 0.3) is 22.3 Å². The Balaban J connectivity index is 1.12. The number of hydrogen-bond donors (Lipinski definition) is 6. The number of rotatable bonds is 38. The summed E-state index contributed by atoms with van der Waals surface area (Å²) in [6.45, 7) is 8.02. The predicted octanol–water partition coefficient (Wildman–Crippen LogP) is 5.39. The molecule has 21 heteroatoms. The standard InChI is InChI=1S/C68H76N4O17/c1-77-28-31-80-34-37-83-40-43-86-50-12-4-46(5-13-50)62-54-20-22-56(69-54)63(47-6-14-51(15-7-47)87-44-41-84-38-35-81-32-29-78-2)58-24-26-60(71-58)65(49-10-18-53(19-11-49)89-66(67(73)74)68(75)76)61-27-25-59(72-61)64(57-23-21-55(62)70-57)48-8-16-52(17-9-48)88-45-42-85-39-36-82-33-30-79-3/h4-27,66,69-72H,28-45H2,1-3H3,(H,73,74)(H,75,76). The fourth-order valence-electron chi connectivity index (χ4n) is 9.82. The van der Waals surface area contributed by atoms with Crippen molar-refractivity contribution in [2.45, 2.75) is 6.10 Å². The van der Waals surface area contributed by atoms with Crippen LogP contribution in [0.5, 0.6) is 23.0 Å². The summed E-state index contributed by atoms with van der Waals surface area (Å²) in [7, 11) is 4.91. The Hall–Kier alpha value is -8.74. The van der Waals surface area contributed by atoms with E-state index in [2.05, 4.69) is 44.2 Å². The van der Waals surface area contributed by atoms with Gasteiger partial charge in [0, 0.05) is 87.8 Å². The van der Waals surface area contributed by atoms with Crippen molar-refractivity contribution in [3.8, 4) is 23.0 Å². The third-order valence-electron chi connectivity index (χ3n) is 14.1. The molecule has 6 N–H and O–H groups in total. The number of aliphatic carboxylic acids is 2. The molecular weight excluding hydrogens is 1140 g/mol. The van der Waals surface area contributed by atoms with Crippen LogP contribution in [0, 0.1) is 0 Å². The molecule has 0 saturated carbocycles. The van der Waals surface area contributed by atoms with Gasteiger partial charge in [-0.25, -0.2) is 9.59 Å². The zero-order chi connectivity index (χ0) is 62.0. The van der Waals surface area contributed by atoms with Crippen LogP contribution in [0.15, 0.2) is 146 Å². The molecule has 1 aliphatic rings. The lowest BCUT2D eigenvalue weighted by atomic mass is 10.0. The van der Waals surface area contributed by atoms with Gasteiger partial charge in [-0.3, -0.25) is 0 Å². The number of carboxylic acids is 2. The first-order valence-corrected chi connectivity index (χ1v) is 29.3. The second kappa shape index (κ2) is 34.1. The molecule has 1 aliphatic heterocycles. The van der Waals surface area contributed by atoms with Gasteiger partial charge < -0.3 is 91.7 Å². The van der Waals surface area contributed by atoms with Crippen LogP contribution in [0.3, 0.4) is 0 Å². The summed E-state index contributed by atoms with van der Waals surface area (Å²) < 4.78 is 72.7. The SMILES string of the molecule is COCCOCCOCCOc1ccc(C2=c3ccc([nH]3)=C(c3ccc(OCCOCCOCCOC)cc3)c3ccc([nH]3)C(c3ccc(OC(C(=O)O)C(=O)O)cc3)=c3ccc([nH]3)=C(c3ccc(OCCOCCOCCOC)cc3)c3ccc2[nH]3)cc1. The molecule has 8 aromatic rings. The average Bonchev–Trinajstić information content (AvgIpc) is 1.97. The maximum atomic E-state index is 11.8. The van der Waals surface area contributed by atoms with Crippen molar-refractivity contribution in [1.82, 2.24) is 19.9 Å². The van der Waals surface area contributed by atoms with Gasteiger partial charge in [-0.1, -0.05) is 48.5 Å². The number of hydrogen-bond acceptors (Lipinski definition) is 15. The van der Waals surface area contributed by atoms with Gasteiger partial charge in [0.05, 0.1) is 99.1 Å². The molecule has 4 aromatic heterocycles. The van der Waals surface area contributed by atoms with Crippen molar-refractivity contribution < 1.29 is 81.4 Å². The highest BCUT2D eigenvalue weighted by Gasteiger charge is 2.28. The summed E-state index contributed by atoms with van der Waals surface area (Å²) in [5.74, 6) is -1.14. The third-order valence-corrected chi connectivity index (χ3v) is 14.1. The van der Waals surface area contributed by atoms with Gasteiger partial charge in [0.2, 0.25) is 0 Å². The van der Waals surface area contributed by atoms with Crippen molar-refractivity contribution in [1.29, 1.82) is 0 Å². The van der Waals surface area contributed by atoms with E-state index in [4.69, 9.17) is 61.6 Å². The second-order valence-electron chi connectivity index (χ2n) is 20.1. The first-order chi connectivity index (χ1) is 43.7. The highest BCUT2D eigenvalue weighted by atomic mass is 16.6. The summed E-state index contributed by atoms with van der Waals surface area (Å²) in [5, 5.41) is 22.4. The smallest absolute Gasteiger partial charge is 0.356 e. The third kappa shape index (κ3) is 18.4. The number of fused-ring (bicyclic) bond motifs is 8. The number of ether oxygens (including phenoxy) is 13. The van der Waals surface area contributed by atoms with Gasteiger partial charge in [0.25, 0.3) is 6.10 Å². The quantitative estimate of drug-likeness (QED) is 0.0209. The van der Waals surface area contributed by atoms with Crippen molar-refractivity contribution >= 4 is 34.2 Å². The number of aromatic amines is 4. The molecule has 89 heavy (non-hydrogen) atoms. The minimum Gasteiger partial charge on any atom is -0.491 e. The normalized spacial score (nSPS) is 12.3. The molecule has 5 heterocycles. The Morgan fingerprint density at radius 1 is 0.303 bits per heavy atom. The van der Waals surface area contributed by atoms with E-state index in [0.29, 0.717) is 142 Å². The molecule has 0 unspecified atom stereocenters. The van der Waals surface area contributed by atoms with Crippen molar-refractivity contribution in [2.75, 3.05) is 140 Å². The number of methoxy groups -OCH3 is 3. The second-order valence-corrected chi connectivity index (χ2v) is 20.1.